The zero-order valence-corrected chi connectivity index (χ0v) is 22.7. The maximum atomic E-state index is 12.9. The smallest absolute Gasteiger partial charge is 0.341 e. The number of halogens is 1. The van der Waals surface area contributed by atoms with Crippen LogP contribution in [-0.4, -0.2) is 25.1 Å². The molecule has 0 unspecified atom stereocenters. The van der Waals surface area contributed by atoms with Crippen molar-refractivity contribution in [3.05, 3.63) is 105 Å². The normalized spacial score (nSPS) is 10.8. The molecule has 40 heavy (non-hydrogen) atoms. The van der Waals surface area contributed by atoms with Crippen LogP contribution in [0.2, 0.25) is 5.02 Å². The van der Waals surface area contributed by atoms with Crippen molar-refractivity contribution in [1.29, 1.82) is 0 Å². The van der Waals surface area contributed by atoms with Gasteiger partial charge in [-0.15, -0.1) is 11.3 Å². The minimum absolute atomic E-state index is 0.0168. The summed E-state index contributed by atoms with van der Waals surface area (Å²) in [6.45, 7) is 1.58. The number of hydrogen-bond donors (Lipinski definition) is 1. The maximum Gasteiger partial charge on any atom is 0.341 e. The van der Waals surface area contributed by atoms with Gasteiger partial charge in [0.15, 0.2) is 6.61 Å². The van der Waals surface area contributed by atoms with Crippen molar-refractivity contribution >= 4 is 50.8 Å². The van der Waals surface area contributed by atoms with Gasteiger partial charge in [-0.1, -0.05) is 54.1 Å². The van der Waals surface area contributed by atoms with E-state index in [0.29, 0.717) is 27.1 Å². The lowest BCUT2D eigenvalue weighted by atomic mass is 10.0. The monoisotopic (exact) mass is 575 g/mol. The zero-order chi connectivity index (χ0) is 28.1. The fraction of sp³-hybridized carbons (Fsp3) is 0.100. The molecule has 2 aromatic heterocycles. The SMILES string of the molecule is CCOC(=O)c1c(-c2ccccc2)csc1NC(=O)COc1ccc2c(=O)c(Oc3ccccc3Cl)coc2c1. The maximum absolute atomic E-state index is 12.9. The van der Waals surface area contributed by atoms with Crippen molar-refractivity contribution in [2.75, 3.05) is 18.5 Å². The number of nitrogens with one attached hydrogen (secondary N) is 1. The van der Waals surface area contributed by atoms with Crippen LogP contribution in [0, 0.1) is 0 Å². The average Bonchev–Trinajstić information content (AvgIpc) is 3.38. The molecule has 0 aliphatic rings. The summed E-state index contributed by atoms with van der Waals surface area (Å²) >= 11 is 7.34. The van der Waals surface area contributed by atoms with Crippen LogP contribution in [-0.2, 0) is 9.53 Å². The number of anilines is 1. The summed E-state index contributed by atoms with van der Waals surface area (Å²) in [7, 11) is 0. The molecule has 0 spiro atoms. The summed E-state index contributed by atoms with van der Waals surface area (Å²) in [6.07, 6.45) is 1.20. The molecule has 0 radical (unpaired) electrons. The Labute approximate surface area is 237 Å². The second-order valence-electron chi connectivity index (χ2n) is 8.40. The molecule has 1 amide bonds. The van der Waals surface area contributed by atoms with Crippen LogP contribution in [0.5, 0.6) is 17.2 Å². The molecule has 8 nitrogen and oxygen atoms in total. The van der Waals surface area contributed by atoms with Crippen molar-refractivity contribution in [2.45, 2.75) is 6.92 Å². The number of carbonyl (C=O) groups excluding carboxylic acids is 2. The Morgan fingerprint density at radius 1 is 1.00 bits per heavy atom. The van der Waals surface area contributed by atoms with Crippen LogP contribution >= 0.6 is 22.9 Å². The molecule has 0 fully saturated rings. The molecule has 0 saturated heterocycles. The van der Waals surface area contributed by atoms with E-state index in [1.165, 1.54) is 29.7 Å². The minimum Gasteiger partial charge on any atom is -0.484 e. The van der Waals surface area contributed by atoms with Crippen molar-refractivity contribution in [3.8, 4) is 28.4 Å². The Hall–Kier alpha value is -4.60. The van der Waals surface area contributed by atoms with E-state index in [2.05, 4.69) is 5.32 Å². The molecule has 5 aromatic rings. The zero-order valence-electron chi connectivity index (χ0n) is 21.1. The highest BCUT2D eigenvalue weighted by molar-refractivity contribution is 7.15. The van der Waals surface area contributed by atoms with Crippen molar-refractivity contribution in [3.63, 3.8) is 0 Å². The number of esters is 1. The van der Waals surface area contributed by atoms with Gasteiger partial charge in [-0.2, -0.15) is 0 Å². The Morgan fingerprint density at radius 3 is 2.55 bits per heavy atom. The quantitative estimate of drug-likeness (QED) is 0.186. The summed E-state index contributed by atoms with van der Waals surface area (Å²) in [5, 5.41) is 5.54. The number of para-hydroxylation sites is 1. The van der Waals surface area contributed by atoms with Gasteiger partial charge in [-0.25, -0.2) is 4.79 Å². The Bertz CT molecular complexity index is 1750. The molecular weight excluding hydrogens is 554 g/mol. The van der Waals surface area contributed by atoms with Crippen LogP contribution in [0.3, 0.4) is 0 Å². The van der Waals surface area contributed by atoms with Gasteiger partial charge in [0.25, 0.3) is 5.91 Å². The molecule has 3 aromatic carbocycles. The first-order chi connectivity index (χ1) is 19.4. The summed E-state index contributed by atoms with van der Waals surface area (Å²) in [6, 6.07) is 20.7. The lowest BCUT2D eigenvalue weighted by molar-refractivity contribution is -0.118. The lowest BCUT2D eigenvalue weighted by Crippen LogP contribution is -2.21. The number of thiophene rings is 1. The van der Waals surface area contributed by atoms with E-state index < -0.39 is 11.9 Å². The Balaban J connectivity index is 1.29. The first-order valence-corrected chi connectivity index (χ1v) is 13.4. The van der Waals surface area contributed by atoms with E-state index in [4.69, 9.17) is 30.2 Å². The van der Waals surface area contributed by atoms with E-state index in [1.807, 2.05) is 30.3 Å². The van der Waals surface area contributed by atoms with Gasteiger partial charge < -0.3 is 23.9 Å². The summed E-state index contributed by atoms with van der Waals surface area (Å²) in [4.78, 5) is 38.4. The highest BCUT2D eigenvalue weighted by Crippen LogP contribution is 2.36. The third kappa shape index (κ3) is 5.85. The molecule has 0 aliphatic carbocycles. The molecule has 0 bridgehead atoms. The number of rotatable bonds is 9. The molecular formula is C30H22ClNO7S. The highest BCUT2D eigenvalue weighted by atomic mass is 35.5. The standard InChI is InChI=1S/C30H22ClNO7S/c1-2-36-30(35)27-21(18-8-4-3-5-9-18)17-40-29(27)32-26(33)16-37-19-12-13-20-24(14-19)38-15-25(28(20)34)39-23-11-7-6-10-22(23)31/h3-15,17H,2,16H2,1H3,(H,32,33). The fourth-order valence-electron chi connectivity index (χ4n) is 3.89. The Kier molecular flexibility index (Phi) is 8.14. The van der Waals surface area contributed by atoms with Gasteiger partial charge in [-0.3, -0.25) is 9.59 Å². The van der Waals surface area contributed by atoms with Crippen LogP contribution in [0.1, 0.15) is 17.3 Å². The van der Waals surface area contributed by atoms with Crippen LogP contribution < -0.4 is 20.2 Å². The van der Waals surface area contributed by atoms with E-state index in [9.17, 15) is 14.4 Å². The van der Waals surface area contributed by atoms with Crippen LogP contribution in [0.4, 0.5) is 5.00 Å². The van der Waals surface area contributed by atoms with Crippen molar-refractivity contribution in [1.82, 2.24) is 0 Å². The van der Waals surface area contributed by atoms with Crippen molar-refractivity contribution in [2.24, 2.45) is 0 Å². The molecule has 10 heteroatoms. The van der Waals surface area contributed by atoms with Gasteiger partial charge in [0.05, 0.1) is 17.0 Å². The molecule has 5 rings (SSSR count). The predicted molar refractivity (Wildman–Crippen MR) is 154 cm³/mol. The van der Waals surface area contributed by atoms with Gasteiger partial charge in [0.2, 0.25) is 11.2 Å². The van der Waals surface area contributed by atoms with Crippen LogP contribution in [0.15, 0.2) is 93.7 Å². The highest BCUT2D eigenvalue weighted by Gasteiger charge is 2.23. The van der Waals surface area contributed by atoms with Gasteiger partial charge in [0.1, 0.15) is 33.9 Å². The fourth-order valence-corrected chi connectivity index (χ4v) is 5.04. The largest absolute Gasteiger partial charge is 0.484 e. The van der Waals surface area contributed by atoms with Gasteiger partial charge in [-0.05, 0) is 36.8 Å². The summed E-state index contributed by atoms with van der Waals surface area (Å²) in [5.41, 5.74) is 1.65. The van der Waals surface area contributed by atoms with Crippen LogP contribution in [0.25, 0.3) is 22.1 Å². The van der Waals surface area contributed by atoms with Gasteiger partial charge >= 0.3 is 5.97 Å². The number of carbonyl (C=O) groups is 2. The van der Waals surface area contributed by atoms with E-state index >= 15 is 0 Å². The average molecular weight is 576 g/mol. The number of amides is 1. The minimum atomic E-state index is -0.527. The summed E-state index contributed by atoms with van der Waals surface area (Å²) in [5.74, 6) is -0.378. The second-order valence-corrected chi connectivity index (χ2v) is 9.68. The van der Waals surface area contributed by atoms with E-state index in [0.717, 1.165) is 5.56 Å². The molecule has 0 atom stereocenters. The van der Waals surface area contributed by atoms with E-state index in [1.54, 1.807) is 42.6 Å². The topological polar surface area (TPSA) is 104 Å². The lowest BCUT2D eigenvalue weighted by Gasteiger charge is -2.10. The molecule has 1 N–H and O–H groups in total. The second kappa shape index (κ2) is 12.1. The van der Waals surface area contributed by atoms with Gasteiger partial charge in [0, 0.05) is 17.0 Å². The summed E-state index contributed by atoms with van der Waals surface area (Å²) < 4.78 is 22.1. The molecule has 202 valence electrons. The number of benzene rings is 3. The third-order valence-corrected chi connectivity index (χ3v) is 6.96. The van der Waals surface area contributed by atoms with Crippen molar-refractivity contribution < 1.29 is 28.2 Å². The number of hydrogen-bond acceptors (Lipinski definition) is 8. The van der Waals surface area contributed by atoms with E-state index in [-0.39, 0.29) is 40.9 Å². The Morgan fingerprint density at radius 2 is 1.77 bits per heavy atom. The predicted octanol–water partition coefficient (Wildman–Crippen LogP) is 7.16. The number of ether oxygens (including phenoxy) is 3. The molecule has 0 saturated carbocycles. The molecule has 2 heterocycles. The first-order valence-electron chi connectivity index (χ1n) is 12.2. The molecule has 0 aliphatic heterocycles. The first kappa shape index (κ1) is 27.0. The number of fused-ring (bicyclic) bond motifs is 1. The third-order valence-electron chi connectivity index (χ3n) is 5.75.